The van der Waals surface area contributed by atoms with Gasteiger partial charge in [-0.25, -0.2) is 4.79 Å². The lowest BCUT2D eigenvalue weighted by atomic mass is 10.1. The number of rotatable bonds is 6. The molecule has 0 saturated carbocycles. The molecule has 0 fully saturated rings. The van der Waals surface area contributed by atoms with Gasteiger partial charge in [0.25, 0.3) is 0 Å². The molecule has 0 heterocycles. The Labute approximate surface area is 115 Å². The second-order valence-corrected chi connectivity index (χ2v) is 4.35. The van der Waals surface area contributed by atoms with Crippen LogP contribution in [0, 0.1) is 0 Å². The van der Waals surface area contributed by atoms with Crippen molar-refractivity contribution in [3.8, 4) is 0 Å². The number of carbonyl (C=O) groups is 2. The van der Waals surface area contributed by atoms with Crippen LogP contribution in [0.5, 0.6) is 0 Å². The van der Waals surface area contributed by atoms with Crippen molar-refractivity contribution in [1.29, 1.82) is 0 Å². The minimum absolute atomic E-state index is 0.00624. The molecule has 0 aromatic heterocycles. The first-order valence-electron chi connectivity index (χ1n) is 5.53. The van der Waals surface area contributed by atoms with Crippen LogP contribution in [0.4, 0.5) is 5.69 Å². The van der Waals surface area contributed by atoms with Gasteiger partial charge in [-0.2, -0.15) is 0 Å². The zero-order valence-corrected chi connectivity index (χ0v) is 11.1. The molecule has 0 radical (unpaired) electrons. The third kappa shape index (κ3) is 4.86. The van der Waals surface area contributed by atoms with Crippen LogP contribution in [0.3, 0.4) is 0 Å². The molecule has 7 heteroatoms. The van der Waals surface area contributed by atoms with E-state index < -0.39 is 17.9 Å². The van der Waals surface area contributed by atoms with Crippen molar-refractivity contribution in [3.63, 3.8) is 0 Å². The largest absolute Gasteiger partial charge is 0.478 e. The first-order chi connectivity index (χ1) is 8.93. The highest BCUT2D eigenvalue weighted by atomic mass is 35.5. The lowest BCUT2D eigenvalue weighted by Gasteiger charge is -2.12. The van der Waals surface area contributed by atoms with Gasteiger partial charge >= 0.3 is 5.97 Å². The number of hydrogen-bond donors (Lipinski definition) is 3. The highest BCUT2D eigenvalue weighted by Crippen LogP contribution is 2.19. The van der Waals surface area contributed by atoms with E-state index in [0.29, 0.717) is 18.7 Å². The van der Waals surface area contributed by atoms with Gasteiger partial charge in [0.1, 0.15) is 0 Å². The van der Waals surface area contributed by atoms with Crippen LogP contribution < -0.4 is 11.1 Å². The van der Waals surface area contributed by atoms with Crippen LogP contribution in [0.15, 0.2) is 18.2 Å². The number of amides is 1. The molecule has 1 amide bonds. The number of anilines is 1. The summed E-state index contributed by atoms with van der Waals surface area (Å²) in [5, 5.41) is 11.6. The smallest absolute Gasteiger partial charge is 0.335 e. The van der Waals surface area contributed by atoms with Gasteiger partial charge in [0.05, 0.1) is 11.6 Å². The number of methoxy groups -OCH3 is 1. The standard InChI is InChI=1S/C12H15ClN2O4/c1-19-3-2-10(14)11(16)15-9-5-7(12(17)18)4-8(13)6-9/h4-6,10H,2-3,14H2,1H3,(H,15,16)(H,17,18). The molecule has 1 aromatic carbocycles. The first-order valence-corrected chi connectivity index (χ1v) is 5.91. The van der Waals surface area contributed by atoms with Gasteiger partial charge in [-0.3, -0.25) is 4.79 Å². The molecule has 1 unspecified atom stereocenters. The number of carbonyl (C=O) groups excluding carboxylic acids is 1. The summed E-state index contributed by atoms with van der Waals surface area (Å²) in [6, 6.07) is 3.33. The van der Waals surface area contributed by atoms with Crippen LogP contribution in [0.2, 0.25) is 5.02 Å². The normalized spacial score (nSPS) is 11.9. The molecule has 1 atom stereocenters. The monoisotopic (exact) mass is 286 g/mol. The molecule has 0 spiro atoms. The van der Waals surface area contributed by atoms with Gasteiger partial charge in [0.2, 0.25) is 5.91 Å². The van der Waals surface area contributed by atoms with Crippen molar-refractivity contribution >= 4 is 29.2 Å². The van der Waals surface area contributed by atoms with E-state index >= 15 is 0 Å². The van der Waals surface area contributed by atoms with Crippen LogP contribution in [0.25, 0.3) is 0 Å². The molecule has 0 aliphatic heterocycles. The third-order valence-corrected chi connectivity index (χ3v) is 2.60. The third-order valence-electron chi connectivity index (χ3n) is 2.38. The van der Waals surface area contributed by atoms with Crippen molar-refractivity contribution in [2.75, 3.05) is 19.0 Å². The second kappa shape index (κ2) is 7.08. The predicted molar refractivity (Wildman–Crippen MR) is 71.5 cm³/mol. The Kier molecular flexibility index (Phi) is 5.75. The van der Waals surface area contributed by atoms with Crippen LogP contribution in [-0.2, 0) is 9.53 Å². The molecule has 0 aliphatic carbocycles. The van der Waals surface area contributed by atoms with Crippen molar-refractivity contribution in [1.82, 2.24) is 0 Å². The van der Waals surface area contributed by atoms with Gasteiger partial charge < -0.3 is 20.9 Å². The lowest BCUT2D eigenvalue weighted by molar-refractivity contribution is -0.117. The van der Waals surface area contributed by atoms with E-state index in [1.165, 1.54) is 25.3 Å². The van der Waals surface area contributed by atoms with Gasteiger partial charge in [-0.15, -0.1) is 0 Å². The van der Waals surface area contributed by atoms with Crippen LogP contribution >= 0.6 is 11.6 Å². The summed E-state index contributed by atoms with van der Waals surface area (Å²) in [4.78, 5) is 22.6. The van der Waals surface area contributed by atoms with Crippen LogP contribution in [-0.4, -0.2) is 36.7 Å². The molecular formula is C12H15ClN2O4. The van der Waals surface area contributed by atoms with Gasteiger partial charge in [-0.1, -0.05) is 11.6 Å². The first kappa shape index (κ1) is 15.4. The predicted octanol–water partition coefficient (Wildman–Crippen LogP) is 1.34. The number of benzene rings is 1. The van der Waals surface area contributed by atoms with E-state index in [2.05, 4.69) is 5.32 Å². The maximum atomic E-state index is 11.7. The van der Waals surface area contributed by atoms with E-state index in [9.17, 15) is 9.59 Å². The number of ether oxygens (including phenoxy) is 1. The number of carboxylic acid groups (broad SMARTS) is 1. The summed E-state index contributed by atoms with van der Waals surface area (Å²) in [6.45, 7) is 0.366. The van der Waals surface area contributed by atoms with E-state index in [1.54, 1.807) is 0 Å². The summed E-state index contributed by atoms with van der Waals surface area (Å²) >= 11 is 5.77. The average Bonchev–Trinajstić information content (AvgIpc) is 2.34. The van der Waals surface area contributed by atoms with Gasteiger partial charge in [0, 0.05) is 24.4 Å². The molecule has 4 N–H and O–H groups in total. The molecule has 0 bridgehead atoms. The molecule has 1 aromatic rings. The Morgan fingerprint density at radius 1 is 1.47 bits per heavy atom. The van der Waals surface area contributed by atoms with E-state index in [0.717, 1.165) is 0 Å². The molecular weight excluding hydrogens is 272 g/mol. The molecule has 1 rings (SSSR count). The summed E-state index contributed by atoms with van der Waals surface area (Å²) in [6.07, 6.45) is 0.370. The fraction of sp³-hybridized carbons (Fsp3) is 0.333. The summed E-state index contributed by atoms with van der Waals surface area (Å²) in [5.41, 5.74) is 5.93. The molecule has 0 saturated heterocycles. The van der Waals surface area contributed by atoms with Gasteiger partial charge in [0.15, 0.2) is 0 Å². The Morgan fingerprint density at radius 3 is 2.74 bits per heavy atom. The van der Waals surface area contributed by atoms with E-state index in [-0.39, 0.29) is 10.6 Å². The number of hydrogen-bond acceptors (Lipinski definition) is 4. The maximum absolute atomic E-state index is 11.7. The highest BCUT2D eigenvalue weighted by molar-refractivity contribution is 6.31. The number of aromatic carboxylic acids is 1. The summed E-state index contributed by atoms with van der Waals surface area (Å²) < 4.78 is 4.82. The summed E-state index contributed by atoms with van der Waals surface area (Å²) in [7, 11) is 1.51. The lowest BCUT2D eigenvalue weighted by Crippen LogP contribution is -2.36. The molecule has 104 valence electrons. The average molecular weight is 287 g/mol. The zero-order valence-electron chi connectivity index (χ0n) is 10.4. The minimum Gasteiger partial charge on any atom is -0.478 e. The maximum Gasteiger partial charge on any atom is 0.335 e. The van der Waals surface area contributed by atoms with E-state index in [4.69, 9.17) is 27.2 Å². The molecule has 19 heavy (non-hydrogen) atoms. The topological polar surface area (TPSA) is 102 Å². The van der Waals surface area contributed by atoms with Crippen molar-refractivity contribution in [2.24, 2.45) is 5.73 Å². The fourth-order valence-corrected chi connectivity index (χ4v) is 1.63. The molecule has 0 aliphatic rings. The number of carboxylic acids is 1. The molecule has 6 nitrogen and oxygen atoms in total. The highest BCUT2D eigenvalue weighted by Gasteiger charge is 2.14. The summed E-state index contributed by atoms with van der Waals surface area (Å²) in [5.74, 6) is -1.54. The van der Waals surface area contributed by atoms with E-state index in [1.807, 2.05) is 0 Å². The Morgan fingerprint density at radius 2 is 2.16 bits per heavy atom. The van der Waals surface area contributed by atoms with Crippen molar-refractivity contribution in [2.45, 2.75) is 12.5 Å². The Hall–Kier alpha value is -1.63. The van der Waals surface area contributed by atoms with Crippen molar-refractivity contribution < 1.29 is 19.4 Å². The number of nitrogens with one attached hydrogen (secondary N) is 1. The Balaban J connectivity index is 2.76. The minimum atomic E-state index is -1.12. The van der Waals surface area contributed by atoms with Crippen molar-refractivity contribution in [3.05, 3.63) is 28.8 Å². The van der Waals surface area contributed by atoms with Gasteiger partial charge in [-0.05, 0) is 24.6 Å². The quantitative estimate of drug-likeness (QED) is 0.732. The Bertz CT molecular complexity index is 479. The van der Waals surface area contributed by atoms with Crippen LogP contribution in [0.1, 0.15) is 16.8 Å². The second-order valence-electron chi connectivity index (χ2n) is 3.91. The fourth-order valence-electron chi connectivity index (χ4n) is 1.40. The zero-order chi connectivity index (χ0) is 14.4. The number of halogens is 1. The number of nitrogens with two attached hydrogens (primary N) is 1. The SMILES string of the molecule is COCCC(N)C(=O)Nc1cc(Cl)cc(C(=O)O)c1.